The highest BCUT2D eigenvalue weighted by molar-refractivity contribution is 5.99. The fraction of sp³-hybridized carbons (Fsp3) is 0.417. The van der Waals surface area contributed by atoms with Gasteiger partial charge in [-0.3, -0.25) is 14.3 Å². The first-order valence-electron chi connectivity index (χ1n) is 11.1. The Balaban J connectivity index is 1.57. The van der Waals surface area contributed by atoms with Gasteiger partial charge in [-0.05, 0) is 56.5 Å². The van der Waals surface area contributed by atoms with Gasteiger partial charge in [0, 0.05) is 30.0 Å². The van der Waals surface area contributed by atoms with Crippen molar-refractivity contribution in [3.63, 3.8) is 0 Å². The Labute approximate surface area is 185 Å². The summed E-state index contributed by atoms with van der Waals surface area (Å²) in [6, 6.07) is 9.96. The van der Waals surface area contributed by atoms with Crippen molar-refractivity contribution in [2.24, 2.45) is 0 Å². The van der Waals surface area contributed by atoms with Gasteiger partial charge >= 0.3 is 0 Å². The van der Waals surface area contributed by atoms with Gasteiger partial charge in [-0.2, -0.15) is 10.4 Å². The van der Waals surface area contributed by atoms with Crippen LogP contribution >= 0.6 is 0 Å². The number of benzene rings is 1. The normalized spacial score (nSPS) is 17.2. The number of H-pyrrole nitrogens is 1. The summed E-state index contributed by atoms with van der Waals surface area (Å²) in [5.41, 5.74) is 2.58. The standard InChI is InChI=1S/C24H26N6O2/c1-15(2)29-14-16-13-17(5-6-18(16)23(29)32)27-21-20-19(7-12-26-22(20)31)30(28-21)24(10-11-25)8-3-4-9-24/h5-7,12-13,15H,3-4,8-10,14H2,1-2H3,(H,26,31)(H,27,28). The Kier molecular flexibility index (Phi) is 4.77. The van der Waals surface area contributed by atoms with E-state index in [0.717, 1.165) is 48.0 Å². The summed E-state index contributed by atoms with van der Waals surface area (Å²) in [5.74, 6) is 0.517. The van der Waals surface area contributed by atoms with E-state index in [1.807, 2.05) is 47.7 Å². The summed E-state index contributed by atoms with van der Waals surface area (Å²) in [7, 11) is 0. The second-order valence-electron chi connectivity index (χ2n) is 9.12. The van der Waals surface area contributed by atoms with Gasteiger partial charge in [0.15, 0.2) is 5.82 Å². The molecule has 0 atom stereocenters. The minimum absolute atomic E-state index is 0.0485. The average molecular weight is 431 g/mol. The van der Waals surface area contributed by atoms with Crippen LogP contribution in [-0.2, 0) is 12.1 Å². The van der Waals surface area contributed by atoms with Crippen LogP contribution in [0.25, 0.3) is 10.9 Å². The zero-order chi connectivity index (χ0) is 22.5. The molecule has 0 spiro atoms. The van der Waals surface area contributed by atoms with Crippen molar-refractivity contribution in [3.8, 4) is 6.07 Å². The van der Waals surface area contributed by atoms with Crippen LogP contribution in [0, 0.1) is 11.3 Å². The van der Waals surface area contributed by atoms with E-state index in [1.54, 1.807) is 6.20 Å². The van der Waals surface area contributed by atoms with Crippen molar-refractivity contribution >= 4 is 28.3 Å². The van der Waals surface area contributed by atoms with Gasteiger partial charge in [-0.15, -0.1) is 0 Å². The van der Waals surface area contributed by atoms with E-state index in [2.05, 4.69) is 16.4 Å². The summed E-state index contributed by atoms with van der Waals surface area (Å²) in [6.07, 6.45) is 5.82. The van der Waals surface area contributed by atoms with Crippen molar-refractivity contribution in [3.05, 3.63) is 51.9 Å². The summed E-state index contributed by atoms with van der Waals surface area (Å²) >= 11 is 0. The molecule has 0 radical (unpaired) electrons. The van der Waals surface area contributed by atoms with Crippen LogP contribution in [0.1, 0.15) is 61.9 Å². The van der Waals surface area contributed by atoms with Crippen LogP contribution in [0.15, 0.2) is 35.3 Å². The summed E-state index contributed by atoms with van der Waals surface area (Å²) in [6.45, 7) is 4.59. The Hall–Kier alpha value is -3.60. The Morgan fingerprint density at radius 1 is 1.25 bits per heavy atom. The number of nitrogens with one attached hydrogen (secondary N) is 2. The Morgan fingerprint density at radius 2 is 2.03 bits per heavy atom. The van der Waals surface area contributed by atoms with Gasteiger partial charge in [0.25, 0.3) is 11.5 Å². The largest absolute Gasteiger partial charge is 0.338 e. The highest BCUT2D eigenvalue weighted by atomic mass is 16.2. The smallest absolute Gasteiger partial charge is 0.261 e. The first-order valence-corrected chi connectivity index (χ1v) is 11.1. The molecule has 8 nitrogen and oxygen atoms in total. The highest BCUT2D eigenvalue weighted by Crippen LogP contribution is 2.42. The fourth-order valence-electron chi connectivity index (χ4n) is 5.14. The SMILES string of the molecule is CC(C)N1Cc2cc(Nc3nn(C4(CC#N)CCCC4)c4cc[nH]c(=O)c34)ccc2C1=O. The molecule has 0 unspecified atom stereocenters. The number of nitriles is 1. The highest BCUT2D eigenvalue weighted by Gasteiger charge is 2.38. The van der Waals surface area contributed by atoms with E-state index in [4.69, 9.17) is 5.10 Å². The maximum atomic E-state index is 12.8. The second kappa shape index (κ2) is 7.52. The van der Waals surface area contributed by atoms with Crippen LogP contribution in [-0.4, -0.2) is 31.6 Å². The molecular weight excluding hydrogens is 404 g/mol. The molecule has 3 heterocycles. The van der Waals surface area contributed by atoms with Crippen LogP contribution < -0.4 is 10.9 Å². The van der Waals surface area contributed by atoms with Gasteiger partial charge in [-0.25, -0.2) is 0 Å². The summed E-state index contributed by atoms with van der Waals surface area (Å²) < 4.78 is 1.90. The quantitative estimate of drug-likeness (QED) is 0.636. The molecule has 8 heteroatoms. The third kappa shape index (κ3) is 3.08. The van der Waals surface area contributed by atoms with Crippen LogP contribution in [0.5, 0.6) is 0 Å². The van der Waals surface area contributed by atoms with Gasteiger partial charge in [-0.1, -0.05) is 12.8 Å². The molecule has 1 fully saturated rings. The number of rotatable bonds is 5. The molecular formula is C24H26N6O2. The number of aromatic amines is 1. The maximum Gasteiger partial charge on any atom is 0.261 e. The topological polar surface area (TPSA) is 107 Å². The van der Waals surface area contributed by atoms with Crippen molar-refractivity contribution in [2.75, 3.05) is 5.32 Å². The number of nitrogens with zero attached hydrogens (tertiary/aromatic N) is 4. The molecule has 0 saturated heterocycles. The Bertz CT molecular complexity index is 1310. The average Bonchev–Trinajstić information content (AvgIpc) is 3.46. The number of hydrogen-bond acceptors (Lipinski definition) is 5. The van der Waals surface area contributed by atoms with Gasteiger partial charge in [0.05, 0.1) is 23.5 Å². The molecule has 32 heavy (non-hydrogen) atoms. The predicted molar refractivity (Wildman–Crippen MR) is 122 cm³/mol. The molecule has 3 aromatic rings. The second-order valence-corrected chi connectivity index (χ2v) is 9.12. The first kappa shape index (κ1) is 20.3. The number of pyridine rings is 1. The molecule has 1 aliphatic carbocycles. The minimum atomic E-state index is -0.386. The molecule has 2 aromatic heterocycles. The Morgan fingerprint density at radius 3 is 2.75 bits per heavy atom. The molecule has 5 rings (SSSR count). The van der Waals surface area contributed by atoms with E-state index in [0.29, 0.717) is 24.2 Å². The van der Waals surface area contributed by atoms with E-state index < -0.39 is 0 Å². The number of aromatic nitrogens is 3. The first-order chi connectivity index (χ1) is 15.4. The van der Waals surface area contributed by atoms with Crippen LogP contribution in [0.2, 0.25) is 0 Å². The lowest BCUT2D eigenvalue weighted by atomic mass is 9.94. The number of hydrogen-bond donors (Lipinski definition) is 2. The maximum absolute atomic E-state index is 12.8. The minimum Gasteiger partial charge on any atom is -0.338 e. The molecule has 0 bridgehead atoms. The fourth-order valence-corrected chi connectivity index (χ4v) is 5.14. The molecule has 2 N–H and O–H groups in total. The monoisotopic (exact) mass is 430 g/mol. The van der Waals surface area contributed by atoms with E-state index in [9.17, 15) is 14.9 Å². The number of amides is 1. The van der Waals surface area contributed by atoms with E-state index in [1.165, 1.54) is 0 Å². The van der Waals surface area contributed by atoms with Gasteiger partial charge in [0.1, 0.15) is 5.39 Å². The van der Waals surface area contributed by atoms with Crippen molar-refractivity contribution in [1.82, 2.24) is 19.7 Å². The molecule has 2 aliphatic rings. The number of fused-ring (bicyclic) bond motifs is 2. The zero-order valence-corrected chi connectivity index (χ0v) is 18.3. The molecule has 1 saturated carbocycles. The van der Waals surface area contributed by atoms with Crippen molar-refractivity contribution in [1.29, 1.82) is 5.26 Å². The molecule has 164 valence electrons. The lowest BCUT2D eigenvalue weighted by Crippen LogP contribution is -2.31. The van der Waals surface area contributed by atoms with Gasteiger partial charge < -0.3 is 15.2 Å². The lowest BCUT2D eigenvalue weighted by Gasteiger charge is -2.27. The van der Waals surface area contributed by atoms with E-state index in [-0.39, 0.29) is 23.0 Å². The van der Waals surface area contributed by atoms with Gasteiger partial charge in [0.2, 0.25) is 0 Å². The van der Waals surface area contributed by atoms with Crippen LogP contribution in [0.4, 0.5) is 11.5 Å². The molecule has 1 aliphatic heterocycles. The number of carbonyl (C=O) groups excluding carboxylic acids is 1. The molecule has 1 amide bonds. The molecule has 1 aromatic carbocycles. The summed E-state index contributed by atoms with van der Waals surface area (Å²) in [4.78, 5) is 29.9. The predicted octanol–water partition coefficient (Wildman–Crippen LogP) is 4.02. The number of anilines is 2. The zero-order valence-electron chi connectivity index (χ0n) is 18.3. The third-order valence-corrected chi connectivity index (χ3v) is 6.82. The number of carbonyl (C=O) groups is 1. The van der Waals surface area contributed by atoms with Crippen molar-refractivity contribution < 1.29 is 4.79 Å². The summed E-state index contributed by atoms with van der Waals surface area (Å²) in [5, 5.41) is 18.1. The van der Waals surface area contributed by atoms with Crippen LogP contribution in [0.3, 0.4) is 0 Å². The van der Waals surface area contributed by atoms with Crippen molar-refractivity contribution in [2.45, 2.75) is 64.1 Å². The van der Waals surface area contributed by atoms with E-state index >= 15 is 0 Å². The lowest BCUT2D eigenvalue weighted by molar-refractivity contribution is 0.0730. The third-order valence-electron chi connectivity index (χ3n) is 6.82.